The van der Waals surface area contributed by atoms with Crippen LogP contribution >= 0.6 is 0 Å². The van der Waals surface area contributed by atoms with Crippen LogP contribution in [-0.2, 0) is 4.79 Å². The first kappa shape index (κ1) is 20.8. The van der Waals surface area contributed by atoms with Crippen molar-refractivity contribution in [3.8, 4) is 11.5 Å². The monoisotopic (exact) mass is 444 g/mol. The summed E-state index contributed by atoms with van der Waals surface area (Å²) in [6, 6.07) is 14.2. The number of carbonyl (C=O) groups is 2. The van der Waals surface area contributed by atoms with Gasteiger partial charge in [0.25, 0.3) is 5.91 Å². The van der Waals surface area contributed by atoms with Gasteiger partial charge in [0.1, 0.15) is 28.9 Å². The third kappa shape index (κ3) is 3.63. The Hall–Kier alpha value is -4.07. The lowest BCUT2D eigenvalue weighted by atomic mass is 9.85. The fourth-order valence-electron chi connectivity index (χ4n) is 4.48. The van der Waals surface area contributed by atoms with E-state index in [1.54, 1.807) is 18.9 Å². The van der Waals surface area contributed by atoms with E-state index in [1.165, 1.54) is 6.20 Å². The number of aromatic nitrogens is 2. The summed E-state index contributed by atoms with van der Waals surface area (Å²) in [4.78, 5) is 26.2. The normalized spacial score (nSPS) is 17.0. The third-order valence-electron chi connectivity index (χ3n) is 6.05. The van der Waals surface area contributed by atoms with Gasteiger partial charge >= 0.3 is 0 Å². The number of fused-ring (bicyclic) bond motifs is 1. The quantitative estimate of drug-likeness (QED) is 0.613. The molecular weight excluding hydrogens is 420 g/mol. The van der Waals surface area contributed by atoms with Gasteiger partial charge in [-0.15, -0.1) is 0 Å². The molecule has 1 aromatic heterocycles. The maximum absolute atomic E-state index is 13.1. The van der Waals surface area contributed by atoms with Gasteiger partial charge in [-0.1, -0.05) is 18.2 Å². The maximum Gasteiger partial charge on any atom is 0.261 e. The highest BCUT2D eigenvalue weighted by molar-refractivity contribution is 6.08. The van der Waals surface area contributed by atoms with Crippen molar-refractivity contribution >= 4 is 23.2 Å². The highest BCUT2D eigenvalue weighted by atomic mass is 16.5. The van der Waals surface area contributed by atoms with Crippen molar-refractivity contribution in [2.75, 3.05) is 24.9 Å². The van der Waals surface area contributed by atoms with E-state index in [0.717, 1.165) is 24.1 Å². The van der Waals surface area contributed by atoms with Crippen LogP contribution in [0.5, 0.6) is 11.5 Å². The lowest BCUT2D eigenvalue weighted by molar-refractivity contribution is -0.116. The molecule has 0 spiro atoms. The van der Waals surface area contributed by atoms with Crippen LogP contribution in [0.1, 0.15) is 41.2 Å². The van der Waals surface area contributed by atoms with Crippen LogP contribution in [0.3, 0.4) is 0 Å². The minimum Gasteiger partial charge on any atom is -0.497 e. The number of anilines is 2. The van der Waals surface area contributed by atoms with Crippen LogP contribution in [0.4, 0.5) is 11.5 Å². The van der Waals surface area contributed by atoms with Gasteiger partial charge in [0.15, 0.2) is 5.78 Å². The van der Waals surface area contributed by atoms with Gasteiger partial charge < -0.3 is 20.1 Å². The van der Waals surface area contributed by atoms with E-state index in [0.29, 0.717) is 40.6 Å². The third-order valence-corrected chi connectivity index (χ3v) is 6.05. The fourth-order valence-corrected chi connectivity index (χ4v) is 4.48. The number of nitrogens with one attached hydrogen (secondary N) is 2. The molecule has 0 radical (unpaired) electrons. The molecule has 2 aromatic carbocycles. The number of methoxy groups -OCH3 is 2. The zero-order chi connectivity index (χ0) is 22.9. The molecule has 2 heterocycles. The van der Waals surface area contributed by atoms with Crippen LogP contribution in [0.15, 0.2) is 66.0 Å². The molecule has 1 unspecified atom stereocenters. The Morgan fingerprint density at radius 2 is 1.94 bits per heavy atom. The molecular formula is C25H24N4O4. The summed E-state index contributed by atoms with van der Waals surface area (Å²) in [5.74, 6) is 1.59. The average molecular weight is 444 g/mol. The summed E-state index contributed by atoms with van der Waals surface area (Å²) in [7, 11) is 3.18. The highest BCUT2D eigenvalue weighted by Crippen LogP contribution is 2.44. The number of para-hydroxylation sites is 1. The number of ether oxygens (including phenoxy) is 2. The largest absolute Gasteiger partial charge is 0.497 e. The van der Waals surface area contributed by atoms with Crippen molar-refractivity contribution in [3.05, 3.63) is 77.1 Å². The van der Waals surface area contributed by atoms with Gasteiger partial charge in [-0.25, -0.2) is 4.68 Å². The zero-order valence-electron chi connectivity index (χ0n) is 18.4. The molecule has 0 saturated carbocycles. The number of carbonyl (C=O) groups excluding carboxylic acids is 2. The van der Waals surface area contributed by atoms with Crippen LogP contribution < -0.4 is 20.1 Å². The fraction of sp³-hybridized carbons (Fsp3) is 0.240. The van der Waals surface area contributed by atoms with Crippen molar-refractivity contribution in [1.29, 1.82) is 0 Å². The first-order valence-electron chi connectivity index (χ1n) is 10.8. The Bertz CT molecular complexity index is 1260. The summed E-state index contributed by atoms with van der Waals surface area (Å²) in [6.07, 6.45) is 3.48. The number of Topliss-reactive ketones (excluding diaryl/α,β-unsaturated/α-hetero) is 1. The Kier molecular flexibility index (Phi) is 5.34. The first-order chi connectivity index (χ1) is 16.1. The number of benzene rings is 2. The topological polar surface area (TPSA) is 94.5 Å². The van der Waals surface area contributed by atoms with E-state index in [4.69, 9.17) is 9.47 Å². The second kappa shape index (κ2) is 8.46. The summed E-state index contributed by atoms with van der Waals surface area (Å²) >= 11 is 0. The minimum absolute atomic E-state index is 0.0649. The Morgan fingerprint density at radius 3 is 2.70 bits per heavy atom. The number of hydrogen-bond acceptors (Lipinski definition) is 6. The van der Waals surface area contributed by atoms with Crippen molar-refractivity contribution in [3.63, 3.8) is 0 Å². The second-order valence-corrected chi connectivity index (χ2v) is 7.98. The SMILES string of the molecule is COc1ccc(OC)c(C2C3=C(CCCC3=O)Nc3c(C(=O)Nc4ccccc4)cnn32)c1. The summed E-state index contributed by atoms with van der Waals surface area (Å²) in [5.41, 5.74) is 3.31. The van der Waals surface area contributed by atoms with E-state index < -0.39 is 6.04 Å². The van der Waals surface area contributed by atoms with E-state index in [1.807, 2.05) is 48.5 Å². The highest BCUT2D eigenvalue weighted by Gasteiger charge is 2.39. The van der Waals surface area contributed by atoms with Crippen LogP contribution in [0.25, 0.3) is 0 Å². The Labute approximate surface area is 191 Å². The lowest BCUT2D eigenvalue weighted by Crippen LogP contribution is -2.32. The molecule has 1 aliphatic heterocycles. The van der Waals surface area contributed by atoms with Crippen molar-refractivity contribution in [1.82, 2.24) is 9.78 Å². The minimum atomic E-state index is -0.535. The molecule has 3 aromatic rings. The molecule has 0 saturated heterocycles. The molecule has 5 rings (SSSR count). The van der Waals surface area contributed by atoms with E-state index >= 15 is 0 Å². The smallest absolute Gasteiger partial charge is 0.261 e. The predicted octanol–water partition coefficient (Wildman–Crippen LogP) is 4.17. The van der Waals surface area contributed by atoms with Gasteiger partial charge in [-0.3, -0.25) is 9.59 Å². The van der Waals surface area contributed by atoms with Gasteiger partial charge in [0, 0.05) is 28.9 Å². The molecule has 33 heavy (non-hydrogen) atoms. The summed E-state index contributed by atoms with van der Waals surface area (Å²) in [5, 5.41) is 10.8. The van der Waals surface area contributed by atoms with Crippen LogP contribution in [0.2, 0.25) is 0 Å². The van der Waals surface area contributed by atoms with Crippen molar-refractivity contribution in [2.45, 2.75) is 25.3 Å². The second-order valence-electron chi connectivity index (χ2n) is 7.98. The molecule has 8 nitrogen and oxygen atoms in total. The predicted molar refractivity (Wildman–Crippen MR) is 124 cm³/mol. The Balaban J connectivity index is 1.64. The first-order valence-corrected chi connectivity index (χ1v) is 10.8. The van der Waals surface area contributed by atoms with Gasteiger partial charge in [-0.2, -0.15) is 5.10 Å². The van der Waals surface area contributed by atoms with E-state index in [-0.39, 0.29) is 11.7 Å². The van der Waals surface area contributed by atoms with E-state index in [2.05, 4.69) is 15.7 Å². The molecule has 2 N–H and O–H groups in total. The number of ketones is 1. The van der Waals surface area contributed by atoms with E-state index in [9.17, 15) is 9.59 Å². The number of hydrogen-bond donors (Lipinski definition) is 2. The van der Waals surface area contributed by atoms with Crippen LogP contribution in [-0.4, -0.2) is 35.7 Å². The average Bonchev–Trinajstić information content (AvgIpc) is 3.27. The van der Waals surface area contributed by atoms with Gasteiger partial charge in [0.2, 0.25) is 0 Å². The standard InChI is InChI=1S/C25H24N4O4/c1-32-16-11-12-21(33-2)17(13-16)23-22-19(9-6-10-20(22)30)28-24-18(14-26-29(23)24)25(31)27-15-7-4-3-5-8-15/h3-5,7-8,11-14,23,28H,6,9-10H2,1-2H3,(H,27,31). The molecule has 168 valence electrons. The summed E-state index contributed by atoms with van der Waals surface area (Å²) in [6.45, 7) is 0. The lowest BCUT2D eigenvalue weighted by Gasteiger charge is -2.34. The number of rotatable bonds is 5. The number of nitrogens with zero attached hydrogens (tertiary/aromatic N) is 2. The van der Waals surface area contributed by atoms with Crippen LogP contribution in [0, 0.1) is 0 Å². The molecule has 1 aliphatic carbocycles. The van der Waals surface area contributed by atoms with Crippen molar-refractivity contribution in [2.24, 2.45) is 0 Å². The maximum atomic E-state index is 13.1. The number of allylic oxidation sites excluding steroid dienone is 2. The molecule has 1 atom stereocenters. The Morgan fingerprint density at radius 1 is 1.12 bits per heavy atom. The van der Waals surface area contributed by atoms with Crippen molar-refractivity contribution < 1.29 is 19.1 Å². The molecule has 2 aliphatic rings. The molecule has 8 heteroatoms. The molecule has 0 fully saturated rings. The summed E-state index contributed by atoms with van der Waals surface area (Å²) < 4.78 is 12.8. The van der Waals surface area contributed by atoms with Gasteiger partial charge in [-0.05, 0) is 43.2 Å². The number of amides is 1. The zero-order valence-corrected chi connectivity index (χ0v) is 18.4. The van der Waals surface area contributed by atoms with Gasteiger partial charge in [0.05, 0.1) is 20.4 Å². The molecule has 1 amide bonds. The molecule has 0 bridgehead atoms.